The van der Waals surface area contributed by atoms with Crippen LogP contribution in [0.3, 0.4) is 0 Å². The van der Waals surface area contributed by atoms with Crippen LogP contribution in [0.5, 0.6) is 11.5 Å². The van der Waals surface area contributed by atoms with E-state index in [1.165, 1.54) is 0 Å². The molecule has 0 aliphatic carbocycles. The second-order valence-corrected chi connectivity index (χ2v) is 4.71. The lowest BCUT2D eigenvalue weighted by Crippen LogP contribution is -2.04. The Hall–Kier alpha value is -1.87. The first-order valence-corrected chi connectivity index (χ1v) is 6.60. The third-order valence-electron chi connectivity index (χ3n) is 3.04. The second kappa shape index (κ2) is 5.85. The van der Waals surface area contributed by atoms with Gasteiger partial charge in [0.05, 0.1) is 5.69 Å². The molecule has 0 spiro atoms. The zero-order valence-corrected chi connectivity index (χ0v) is 11.7. The molecule has 2 N–H and O–H groups in total. The Morgan fingerprint density at radius 2 is 1.84 bits per heavy atom. The summed E-state index contributed by atoms with van der Waals surface area (Å²) >= 11 is 0. The monoisotopic (exact) mass is 256 g/mol. The van der Waals surface area contributed by atoms with Crippen LogP contribution in [0.15, 0.2) is 36.4 Å². The highest BCUT2D eigenvalue weighted by Crippen LogP contribution is 2.25. The molecule has 1 aromatic carbocycles. The maximum absolute atomic E-state index is 5.89. The van der Waals surface area contributed by atoms with Gasteiger partial charge in [0, 0.05) is 11.7 Å². The molecule has 100 valence electrons. The number of pyridine rings is 1. The Kier molecular flexibility index (Phi) is 4.17. The number of rotatable bonds is 4. The highest BCUT2D eigenvalue weighted by atomic mass is 16.5. The van der Waals surface area contributed by atoms with Crippen LogP contribution in [0, 0.1) is 6.92 Å². The fourth-order valence-electron chi connectivity index (χ4n) is 1.91. The number of benzene rings is 1. The summed E-state index contributed by atoms with van der Waals surface area (Å²) in [4.78, 5) is 4.49. The Bertz CT molecular complexity index is 547. The summed E-state index contributed by atoms with van der Waals surface area (Å²) in [5.41, 5.74) is 8.92. The molecule has 0 saturated heterocycles. The minimum atomic E-state index is 0.0429. The summed E-state index contributed by atoms with van der Waals surface area (Å²) < 4.78 is 5.89. The molecule has 0 amide bonds. The fourth-order valence-corrected chi connectivity index (χ4v) is 1.91. The second-order valence-electron chi connectivity index (χ2n) is 4.71. The molecule has 0 aliphatic heterocycles. The lowest BCUT2D eigenvalue weighted by molar-refractivity contribution is 0.472. The third kappa shape index (κ3) is 3.32. The Labute approximate surface area is 114 Å². The van der Waals surface area contributed by atoms with Crippen LogP contribution in [0.2, 0.25) is 0 Å². The number of aromatic nitrogens is 1. The van der Waals surface area contributed by atoms with Gasteiger partial charge in [0.1, 0.15) is 11.5 Å². The lowest BCUT2D eigenvalue weighted by Gasteiger charge is -2.11. The standard InChI is InChI=1S/C16H20N2O/c1-4-15-16(10-5-11(2)18-15)19-14-8-6-13(7-9-14)12(3)17/h5-10,12H,4,17H2,1-3H3/t12-/m0/s1. The van der Waals surface area contributed by atoms with Gasteiger partial charge in [-0.1, -0.05) is 19.1 Å². The van der Waals surface area contributed by atoms with Crippen molar-refractivity contribution in [2.45, 2.75) is 33.2 Å². The van der Waals surface area contributed by atoms with Crippen molar-refractivity contribution in [3.05, 3.63) is 53.3 Å². The molecule has 0 fully saturated rings. The zero-order chi connectivity index (χ0) is 13.8. The number of nitrogens with zero attached hydrogens (tertiary/aromatic N) is 1. The molecule has 1 aromatic heterocycles. The molecule has 2 aromatic rings. The van der Waals surface area contributed by atoms with E-state index in [0.717, 1.165) is 34.9 Å². The van der Waals surface area contributed by atoms with Gasteiger partial charge in [-0.25, -0.2) is 0 Å². The van der Waals surface area contributed by atoms with Crippen LogP contribution in [0.25, 0.3) is 0 Å². The van der Waals surface area contributed by atoms with Gasteiger partial charge in [-0.2, -0.15) is 0 Å². The van der Waals surface area contributed by atoms with Gasteiger partial charge >= 0.3 is 0 Å². The normalized spacial score (nSPS) is 12.2. The molecular formula is C16H20N2O. The maximum Gasteiger partial charge on any atom is 0.148 e. The van der Waals surface area contributed by atoms with Crippen LogP contribution in [0.4, 0.5) is 0 Å². The Balaban J connectivity index is 2.21. The molecule has 0 bridgehead atoms. The van der Waals surface area contributed by atoms with Gasteiger partial charge in [0.25, 0.3) is 0 Å². The van der Waals surface area contributed by atoms with E-state index in [2.05, 4.69) is 11.9 Å². The third-order valence-corrected chi connectivity index (χ3v) is 3.04. The Morgan fingerprint density at radius 3 is 2.42 bits per heavy atom. The summed E-state index contributed by atoms with van der Waals surface area (Å²) in [6.07, 6.45) is 0.856. The van der Waals surface area contributed by atoms with E-state index in [0.29, 0.717) is 0 Å². The first-order chi connectivity index (χ1) is 9.10. The summed E-state index contributed by atoms with van der Waals surface area (Å²) in [7, 11) is 0. The van der Waals surface area contributed by atoms with E-state index >= 15 is 0 Å². The summed E-state index contributed by atoms with van der Waals surface area (Å²) in [5.74, 6) is 1.63. The molecule has 1 atom stereocenters. The van der Waals surface area contributed by atoms with Crippen molar-refractivity contribution in [2.24, 2.45) is 5.73 Å². The number of nitrogens with two attached hydrogens (primary N) is 1. The van der Waals surface area contributed by atoms with Crippen molar-refractivity contribution < 1.29 is 4.74 Å². The van der Waals surface area contributed by atoms with Gasteiger partial charge in [-0.3, -0.25) is 4.98 Å². The van der Waals surface area contributed by atoms with Crippen molar-refractivity contribution in [3.8, 4) is 11.5 Å². The molecule has 0 saturated carbocycles. The van der Waals surface area contributed by atoms with Crippen molar-refractivity contribution in [1.29, 1.82) is 0 Å². The van der Waals surface area contributed by atoms with Gasteiger partial charge in [-0.15, -0.1) is 0 Å². The zero-order valence-electron chi connectivity index (χ0n) is 11.7. The largest absolute Gasteiger partial charge is 0.455 e. The molecule has 3 nitrogen and oxygen atoms in total. The molecule has 19 heavy (non-hydrogen) atoms. The van der Waals surface area contributed by atoms with Gasteiger partial charge in [0.15, 0.2) is 0 Å². The lowest BCUT2D eigenvalue weighted by atomic mass is 10.1. The summed E-state index contributed by atoms with van der Waals surface area (Å²) in [6, 6.07) is 11.9. The van der Waals surface area contributed by atoms with Crippen LogP contribution in [-0.2, 0) is 6.42 Å². The highest BCUT2D eigenvalue weighted by Gasteiger charge is 2.06. The van der Waals surface area contributed by atoms with Crippen molar-refractivity contribution >= 4 is 0 Å². The molecule has 0 unspecified atom stereocenters. The van der Waals surface area contributed by atoms with E-state index in [1.807, 2.05) is 50.2 Å². The minimum Gasteiger partial charge on any atom is -0.455 e. The molecule has 2 rings (SSSR count). The van der Waals surface area contributed by atoms with E-state index in [-0.39, 0.29) is 6.04 Å². The number of ether oxygens (including phenoxy) is 1. The van der Waals surface area contributed by atoms with Gasteiger partial charge in [0.2, 0.25) is 0 Å². The number of aryl methyl sites for hydroxylation is 2. The summed E-state index contributed by atoms with van der Waals surface area (Å²) in [6.45, 7) is 6.03. The van der Waals surface area contributed by atoms with Crippen molar-refractivity contribution in [2.75, 3.05) is 0 Å². The van der Waals surface area contributed by atoms with Crippen LogP contribution in [-0.4, -0.2) is 4.98 Å². The highest BCUT2D eigenvalue weighted by molar-refractivity contribution is 5.36. The van der Waals surface area contributed by atoms with Crippen LogP contribution >= 0.6 is 0 Å². The SMILES string of the molecule is CCc1nc(C)ccc1Oc1ccc([C@H](C)N)cc1. The molecule has 0 radical (unpaired) electrons. The number of hydrogen-bond donors (Lipinski definition) is 1. The van der Waals surface area contributed by atoms with Crippen LogP contribution in [0.1, 0.15) is 36.8 Å². The minimum absolute atomic E-state index is 0.0429. The molecular weight excluding hydrogens is 236 g/mol. The smallest absolute Gasteiger partial charge is 0.148 e. The van der Waals surface area contributed by atoms with E-state index in [4.69, 9.17) is 10.5 Å². The first-order valence-electron chi connectivity index (χ1n) is 6.60. The quantitative estimate of drug-likeness (QED) is 0.906. The van der Waals surface area contributed by atoms with Crippen LogP contribution < -0.4 is 10.5 Å². The van der Waals surface area contributed by atoms with Gasteiger partial charge in [-0.05, 0) is 50.1 Å². The fraction of sp³-hybridized carbons (Fsp3) is 0.312. The van der Waals surface area contributed by atoms with E-state index < -0.39 is 0 Å². The van der Waals surface area contributed by atoms with E-state index in [9.17, 15) is 0 Å². The van der Waals surface area contributed by atoms with E-state index in [1.54, 1.807) is 0 Å². The predicted molar refractivity (Wildman–Crippen MR) is 77.5 cm³/mol. The Morgan fingerprint density at radius 1 is 1.16 bits per heavy atom. The topological polar surface area (TPSA) is 48.1 Å². The molecule has 1 heterocycles. The molecule has 0 aliphatic rings. The average molecular weight is 256 g/mol. The summed E-state index contributed by atoms with van der Waals surface area (Å²) in [5, 5.41) is 0. The number of hydrogen-bond acceptors (Lipinski definition) is 3. The van der Waals surface area contributed by atoms with Crippen molar-refractivity contribution in [3.63, 3.8) is 0 Å². The van der Waals surface area contributed by atoms with Gasteiger partial charge < -0.3 is 10.5 Å². The molecule has 3 heteroatoms. The average Bonchev–Trinajstić information content (AvgIpc) is 2.41. The maximum atomic E-state index is 5.89. The first kappa shape index (κ1) is 13.6. The van der Waals surface area contributed by atoms with Crippen molar-refractivity contribution in [1.82, 2.24) is 4.98 Å². The predicted octanol–water partition coefficient (Wildman–Crippen LogP) is 3.76.